The van der Waals surface area contributed by atoms with Crippen LogP contribution < -0.4 is 5.73 Å². The Hall–Kier alpha value is -1.71. The average Bonchev–Trinajstić information content (AvgIpc) is 2.81. The van der Waals surface area contributed by atoms with Crippen LogP contribution in [0.5, 0.6) is 0 Å². The van der Waals surface area contributed by atoms with Gasteiger partial charge in [-0.05, 0) is 18.4 Å². The van der Waals surface area contributed by atoms with Crippen molar-refractivity contribution in [1.82, 2.24) is 9.78 Å². The first kappa shape index (κ1) is 10.8. The van der Waals surface area contributed by atoms with Crippen molar-refractivity contribution in [3.05, 3.63) is 24.2 Å². The number of hydrogen-bond acceptors (Lipinski definition) is 3. The quantitative estimate of drug-likeness (QED) is 0.862. The number of aryl methyl sites for hydroxylation is 1. The number of furan rings is 1. The molecule has 0 saturated heterocycles. The predicted octanol–water partition coefficient (Wildman–Crippen LogP) is 2.46. The number of nitrogens with two attached hydrogens (primary N) is 1. The molecule has 2 N–H and O–H groups in total. The van der Waals surface area contributed by atoms with E-state index in [0.717, 1.165) is 29.1 Å². The molecule has 2 aromatic heterocycles. The van der Waals surface area contributed by atoms with Crippen molar-refractivity contribution in [3.63, 3.8) is 0 Å². The molecule has 0 fully saturated rings. The second-order valence-corrected chi connectivity index (χ2v) is 4.45. The zero-order chi connectivity index (χ0) is 11.7. The Balaban J connectivity index is 2.48. The molecule has 0 unspecified atom stereocenters. The summed E-state index contributed by atoms with van der Waals surface area (Å²) in [4.78, 5) is 0. The first-order valence-electron chi connectivity index (χ1n) is 5.43. The molecule has 0 atom stereocenters. The number of nitrogens with zero attached hydrogens (tertiary/aromatic N) is 2. The molecular weight excluding hydrogens is 202 g/mol. The molecule has 4 heteroatoms. The van der Waals surface area contributed by atoms with E-state index in [1.807, 2.05) is 13.1 Å². The molecule has 0 saturated carbocycles. The second kappa shape index (κ2) is 4.04. The topological polar surface area (TPSA) is 57.0 Å². The Bertz CT molecular complexity index is 469. The van der Waals surface area contributed by atoms with Crippen LogP contribution >= 0.6 is 0 Å². The van der Waals surface area contributed by atoms with Gasteiger partial charge in [0.1, 0.15) is 11.5 Å². The molecule has 2 aromatic rings. The van der Waals surface area contributed by atoms with E-state index in [1.165, 1.54) is 0 Å². The van der Waals surface area contributed by atoms with Crippen LogP contribution in [0.4, 0.5) is 5.82 Å². The lowest BCUT2D eigenvalue weighted by Crippen LogP contribution is -2.01. The number of hydrogen-bond donors (Lipinski definition) is 1. The average molecular weight is 219 g/mol. The van der Waals surface area contributed by atoms with E-state index in [2.05, 4.69) is 18.9 Å². The van der Waals surface area contributed by atoms with Crippen molar-refractivity contribution in [2.24, 2.45) is 13.0 Å². The molecule has 86 valence electrons. The molecular formula is C12H17N3O. The lowest BCUT2D eigenvalue weighted by Gasteiger charge is -2.05. The number of nitrogen functional groups attached to an aromatic ring is 1. The lowest BCUT2D eigenvalue weighted by molar-refractivity contribution is 0.568. The monoisotopic (exact) mass is 219 g/mol. The molecule has 0 aliphatic rings. The Labute approximate surface area is 95.1 Å². The summed E-state index contributed by atoms with van der Waals surface area (Å²) < 4.78 is 6.81. The highest BCUT2D eigenvalue weighted by atomic mass is 16.3. The first-order chi connectivity index (χ1) is 7.59. The van der Waals surface area contributed by atoms with E-state index < -0.39 is 0 Å². The van der Waals surface area contributed by atoms with Gasteiger partial charge in [-0.2, -0.15) is 5.10 Å². The van der Waals surface area contributed by atoms with Gasteiger partial charge in [-0.15, -0.1) is 0 Å². The Morgan fingerprint density at radius 2 is 2.25 bits per heavy atom. The van der Waals surface area contributed by atoms with Gasteiger partial charge in [0.05, 0.1) is 12.5 Å². The Kier molecular flexibility index (Phi) is 2.73. The number of rotatable bonds is 3. The smallest absolute Gasteiger partial charge is 0.125 e. The fraction of sp³-hybridized carbons (Fsp3) is 0.417. The van der Waals surface area contributed by atoms with Crippen molar-refractivity contribution in [2.75, 3.05) is 5.73 Å². The van der Waals surface area contributed by atoms with E-state index in [9.17, 15) is 0 Å². The maximum absolute atomic E-state index is 6.03. The molecule has 0 aliphatic heterocycles. The van der Waals surface area contributed by atoms with E-state index in [-0.39, 0.29) is 0 Å². The summed E-state index contributed by atoms with van der Waals surface area (Å²) >= 11 is 0. The fourth-order valence-electron chi connectivity index (χ4n) is 1.82. The van der Waals surface area contributed by atoms with Crippen LogP contribution in [0.1, 0.15) is 19.4 Å². The standard InChI is InChI=1S/C12H17N3O/c1-8(2)6-10-11(9-4-5-16-7-9)14-15(3)12(10)13/h4-5,7-8H,6,13H2,1-3H3. The predicted molar refractivity (Wildman–Crippen MR) is 63.9 cm³/mol. The van der Waals surface area contributed by atoms with Gasteiger partial charge >= 0.3 is 0 Å². The normalized spacial score (nSPS) is 11.2. The fourth-order valence-corrected chi connectivity index (χ4v) is 1.82. The number of anilines is 1. The third-order valence-electron chi connectivity index (χ3n) is 2.60. The van der Waals surface area contributed by atoms with Crippen molar-refractivity contribution < 1.29 is 4.42 Å². The van der Waals surface area contributed by atoms with Crippen LogP contribution in [0.2, 0.25) is 0 Å². The molecule has 0 radical (unpaired) electrons. The summed E-state index contributed by atoms with van der Waals surface area (Å²) in [6.07, 6.45) is 4.28. The maximum atomic E-state index is 6.03. The van der Waals surface area contributed by atoms with Crippen LogP contribution in [0.15, 0.2) is 23.0 Å². The van der Waals surface area contributed by atoms with E-state index in [4.69, 9.17) is 10.2 Å². The maximum Gasteiger partial charge on any atom is 0.125 e. The third-order valence-corrected chi connectivity index (χ3v) is 2.60. The SMILES string of the molecule is CC(C)Cc1c(-c2ccoc2)nn(C)c1N. The molecule has 0 amide bonds. The van der Waals surface area contributed by atoms with Gasteiger partial charge in [-0.1, -0.05) is 13.8 Å². The summed E-state index contributed by atoms with van der Waals surface area (Å²) in [5.74, 6) is 1.29. The van der Waals surface area contributed by atoms with Crippen molar-refractivity contribution >= 4 is 5.82 Å². The lowest BCUT2D eigenvalue weighted by atomic mass is 10.0. The highest BCUT2D eigenvalue weighted by molar-refractivity contribution is 5.67. The van der Waals surface area contributed by atoms with Crippen LogP contribution in [0.25, 0.3) is 11.3 Å². The van der Waals surface area contributed by atoms with Gasteiger partial charge in [-0.3, -0.25) is 4.68 Å². The zero-order valence-electron chi connectivity index (χ0n) is 9.90. The summed E-state index contributed by atoms with van der Waals surface area (Å²) in [6.45, 7) is 4.34. The summed E-state index contributed by atoms with van der Waals surface area (Å²) in [5.41, 5.74) is 9.06. The van der Waals surface area contributed by atoms with Crippen LogP contribution in [-0.2, 0) is 13.5 Å². The summed E-state index contributed by atoms with van der Waals surface area (Å²) in [7, 11) is 1.86. The molecule has 4 nitrogen and oxygen atoms in total. The molecule has 0 aliphatic carbocycles. The van der Waals surface area contributed by atoms with Crippen LogP contribution in [0.3, 0.4) is 0 Å². The van der Waals surface area contributed by atoms with Gasteiger partial charge < -0.3 is 10.2 Å². The van der Waals surface area contributed by atoms with E-state index >= 15 is 0 Å². The highest BCUT2D eigenvalue weighted by Crippen LogP contribution is 2.28. The minimum Gasteiger partial charge on any atom is -0.472 e. The molecule has 2 rings (SSSR count). The van der Waals surface area contributed by atoms with Gasteiger partial charge in [0, 0.05) is 18.2 Å². The van der Waals surface area contributed by atoms with Crippen molar-refractivity contribution in [3.8, 4) is 11.3 Å². The van der Waals surface area contributed by atoms with E-state index in [1.54, 1.807) is 17.2 Å². The second-order valence-electron chi connectivity index (χ2n) is 4.45. The Morgan fingerprint density at radius 3 is 2.81 bits per heavy atom. The van der Waals surface area contributed by atoms with Gasteiger partial charge in [0.25, 0.3) is 0 Å². The van der Waals surface area contributed by atoms with Crippen molar-refractivity contribution in [1.29, 1.82) is 0 Å². The molecule has 0 spiro atoms. The van der Waals surface area contributed by atoms with E-state index in [0.29, 0.717) is 5.92 Å². The molecule has 0 aromatic carbocycles. The summed E-state index contributed by atoms with van der Waals surface area (Å²) in [5, 5.41) is 4.44. The number of aromatic nitrogens is 2. The van der Waals surface area contributed by atoms with Gasteiger partial charge in [0.2, 0.25) is 0 Å². The van der Waals surface area contributed by atoms with Gasteiger partial charge in [0.15, 0.2) is 0 Å². The van der Waals surface area contributed by atoms with Crippen LogP contribution in [0, 0.1) is 5.92 Å². The van der Waals surface area contributed by atoms with Crippen LogP contribution in [-0.4, -0.2) is 9.78 Å². The molecule has 16 heavy (non-hydrogen) atoms. The molecule has 0 bridgehead atoms. The van der Waals surface area contributed by atoms with Gasteiger partial charge in [-0.25, -0.2) is 0 Å². The summed E-state index contributed by atoms with van der Waals surface area (Å²) in [6, 6.07) is 1.91. The Morgan fingerprint density at radius 1 is 1.50 bits per heavy atom. The first-order valence-corrected chi connectivity index (χ1v) is 5.43. The zero-order valence-corrected chi connectivity index (χ0v) is 9.90. The minimum atomic E-state index is 0.553. The minimum absolute atomic E-state index is 0.553. The third kappa shape index (κ3) is 1.83. The highest BCUT2D eigenvalue weighted by Gasteiger charge is 2.16. The largest absolute Gasteiger partial charge is 0.472 e. The van der Waals surface area contributed by atoms with Crippen molar-refractivity contribution in [2.45, 2.75) is 20.3 Å². The molecule has 2 heterocycles.